The summed E-state index contributed by atoms with van der Waals surface area (Å²) in [5.74, 6) is 0.577. The molecule has 0 aliphatic heterocycles. The van der Waals surface area contributed by atoms with Gasteiger partial charge in [-0.2, -0.15) is 0 Å². The lowest BCUT2D eigenvalue weighted by Crippen LogP contribution is -2.20. The zero-order valence-corrected chi connectivity index (χ0v) is 52.5. The van der Waals surface area contributed by atoms with Crippen LogP contribution in [0.4, 0.5) is 34.1 Å². The molecule has 0 aliphatic carbocycles. The van der Waals surface area contributed by atoms with Crippen molar-refractivity contribution in [1.82, 2.24) is 0 Å². The van der Waals surface area contributed by atoms with E-state index in [4.69, 9.17) is 0 Å². The molecular weight excluding hydrogens is 1050 g/mol. The molecule has 0 saturated heterocycles. The maximum Gasteiger partial charge on any atom is 0.0619 e. The van der Waals surface area contributed by atoms with Crippen LogP contribution in [-0.2, 0) is 28.1 Å². The van der Waals surface area contributed by atoms with Gasteiger partial charge in [-0.25, -0.2) is 0 Å². The van der Waals surface area contributed by atoms with Gasteiger partial charge in [-0.15, -0.1) is 0 Å². The number of hydrogen-bond acceptors (Lipinski definition) is 2. The predicted molar refractivity (Wildman–Crippen MR) is 373 cm³/mol. The van der Waals surface area contributed by atoms with Gasteiger partial charge >= 0.3 is 0 Å². The summed E-state index contributed by atoms with van der Waals surface area (Å²) in [6, 6.07) is 107. The third-order valence-corrected chi connectivity index (χ3v) is 19.4. The molecule has 12 rings (SSSR count). The first kappa shape index (κ1) is 58.2. The van der Waals surface area contributed by atoms with Crippen LogP contribution in [0, 0.1) is 0 Å². The van der Waals surface area contributed by atoms with E-state index in [-0.39, 0.29) is 21.7 Å². The highest BCUT2D eigenvalue weighted by atomic mass is 15.2. The Morgan fingerprint density at radius 2 is 0.483 bits per heavy atom. The van der Waals surface area contributed by atoms with Gasteiger partial charge in [0.25, 0.3) is 0 Å². The van der Waals surface area contributed by atoms with E-state index in [1.165, 1.54) is 61.2 Å². The third kappa shape index (κ3) is 11.3. The molecule has 0 amide bonds. The molecule has 0 aromatic heterocycles. The van der Waals surface area contributed by atoms with Crippen LogP contribution in [-0.4, -0.2) is 0 Å². The van der Waals surface area contributed by atoms with Gasteiger partial charge in [0.2, 0.25) is 0 Å². The Morgan fingerprint density at radius 3 is 0.736 bits per heavy atom. The molecule has 0 N–H and O–H groups in total. The maximum absolute atomic E-state index is 2.51. The summed E-state index contributed by atoms with van der Waals surface area (Å²) in [6.07, 6.45) is 2.07. The van der Waals surface area contributed by atoms with Crippen LogP contribution in [0.2, 0.25) is 0 Å². The fourth-order valence-electron chi connectivity index (χ4n) is 13.2. The van der Waals surface area contributed by atoms with E-state index in [9.17, 15) is 0 Å². The van der Waals surface area contributed by atoms with E-state index in [0.717, 1.165) is 68.5 Å². The minimum atomic E-state index is -0.250. The summed E-state index contributed by atoms with van der Waals surface area (Å²) in [7, 11) is 0. The molecule has 432 valence electrons. The molecule has 12 aromatic rings. The fraction of sp³-hybridized carbons (Fsp3) is 0.200. The molecule has 2 nitrogen and oxygen atoms in total. The molecular formula is C85H82N2. The van der Waals surface area contributed by atoms with Gasteiger partial charge in [-0.3, -0.25) is 0 Å². The summed E-state index contributed by atoms with van der Waals surface area (Å²) >= 11 is 0. The summed E-state index contributed by atoms with van der Waals surface area (Å²) in [5.41, 5.74) is 20.1. The van der Waals surface area contributed by atoms with Crippen LogP contribution < -0.4 is 9.80 Å². The summed E-state index contributed by atoms with van der Waals surface area (Å²) in [6.45, 7) is 23.3. The molecule has 0 bridgehead atoms. The van der Waals surface area contributed by atoms with Crippen molar-refractivity contribution >= 4 is 55.7 Å². The van der Waals surface area contributed by atoms with Gasteiger partial charge in [0, 0.05) is 66.0 Å². The Morgan fingerprint density at radius 1 is 0.264 bits per heavy atom. The molecule has 87 heavy (non-hydrogen) atoms. The topological polar surface area (TPSA) is 6.48 Å². The maximum atomic E-state index is 2.51. The van der Waals surface area contributed by atoms with Gasteiger partial charge in [0.1, 0.15) is 0 Å². The molecule has 1 atom stereocenters. The largest absolute Gasteiger partial charge is 0.309 e. The van der Waals surface area contributed by atoms with Gasteiger partial charge in [0.05, 0.1) is 11.4 Å². The first-order valence-corrected chi connectivity index (χ1v) is 31.3. The van der Waals surface area contributed by atoms with E-state index in [2.05, 4.69) is 364 Å². The fourth-order valence-corrected chi connectivity index (χ4v) is 13.2. The van der Waals surface area contributed by atoms with Crippen LogP contribution >= 0.6 is 0 Å². The van der Waals surface area contributed by atoms with Crippen LogP contribution in [0.5, 0.6) is 0 Å². The Bertz CT molecular complexity index is 4120. The van der Waals surface area contributed by atoms with E-state index in [1.54, 1.807) is 0 Å². The van der Waals surface area contributed by atoms with Crippen molar-refractivity contribution in [2.75, 3.05) is 9.80 Å². The van der Waals surface area contributed by atoms with Gasteiger partial charge in [0.15, 0.2) is 0 Å². The van der Waals surface area contributed by atoms with Crippen LogP contribution in [0.25, 0.3) is 21.5 Å². The molecule has 0 fully saturated rings. The summed E-state index contributed by atoms with van der Waals surface area (Å²) < 4.78 is 0. The van der Waals surface area contributed by atoms with E-state index >= 15 is 0 Å². The molecule has 0 spiro atoms. The average Bonchev–Trinajstić information content (AvgIpc) is 0.838. The van der Waals surface area contributed by atoms with Crippen molar-refractivity contribution in [3.8, 4) is 0 Å². The smallest absolute Gasteiger partial charge is 0.0619 e. The predicted octanol–water partition coefficient (Wildman–Crippen LogP) is 23.3. The van der Waals surface area contributed by atoms with Crippen LogP contribution in [0.3, 0.4) is 0 Å². The number of nitrogens with zero attached hydrogens (tertiary/aromatic N) is 2. The van der Waals surface area contributed by atoms with Crippen molar-refractivity contribution in [3.05, 3.63) is 346 Å². The molecule has 0 saturated carbocycles. The highest BCUT2D eigenvalue weighted by Gasteiger charge is 2.31. The third-order valence-electron chi connectivity index (χ3n) is 19.4. The van der Waals surface area contributed by atoms with Crippen molar-refractivity contribution in [2.45, 2.75) is 110 Å². The standard InChI is InChI=1S/C85H82N2/c1-11-60(2)63-39-35-61(36-40-63)59-62-37-41-67(42-38-62)85(9,10)71-49-57-75(58-50-71)87(74-55-47-70(48-56-74)84(7,8)66-29-19-14-20-30-66)81-78-33-23-21-31-76(78)80(77-32-22-24-34-79(77)81)86(72-51-43-68(44-52-72)82(3,4)64-25-15-12-16-26-64)73-53-45-69(46-54-73)83(5,6)65-27-17-13-18-28-65/h12-58,60H,11,59H2,1-10H3. The lowest BCUT2D eigenvalue weighted by atomic mass is 9.77. The zero-order valence-electron chi connectivity index (χ0n) is 52.5. The molecule has 0 heterocycles. The second-order valence-electron chi connectivity index (χ2n) is 26.2. The van der Waals surface area contributed by atoms with Gasteiger partial charge < -0.3 is 9.80 Å². The summed E-state index contributed by atoms with van der Waals surface area (Å²) in [4.78, 5) is 5.02. The van der Waals surface area contributed by atoms with E-state index in [0.29, 0.717) is 5.92 Å². The van der Waals surface area contributed by atoms with Gasteiger partial charge in [-0.1, -0.05) is 306 Å². The van der Waals surface area contributed by atoms with Crippen molar-refractivity contribution in [1.29, 1.82) is 0 Å². The second-order valence-corrected chi connectivity index (χ2v) is 26.2. The molecule has 12 aromatic carbocycles. The monoisotopic (exact) mass is 1130 g/mol. The number of rotatable bonds is 18. The molecule has 1 unspecified atom stereocenters. The number of hydrogen-bond donors (Lipinski definition) is 0. The molecule has 0 aliphatic rings. The molecule has 0 radical (unpaired) electrons. The Kier molecular flexibility index (Phi) is 16.0. The van der Waals surface area contributed by atoms with Crippen LogP contribution in [0.1, 0.15) is 143 Å². The Balaban J connectivity index is 0.998. The Labute approximate surface area is 518 Å². The van der Waals surface area contributed by atoms with Crippen molar-refractivity contribution < 1.29 is 0 Å². The van der Waals surface area contributed by atoms with Gasteiger partial charge in [-0.05, 0) is 128 Å². The number of anilines is 6. The quantitative estimate of drug-likeness (QED) is 0.0624. The van der Waals surface area contributed by atoms with E-state index < -0.39 is 0 Å². The SMILES string of the molecule is CCC(C)c1ccc(Cc2ccc(C(C)(C)c3ccc(N(c4ccc(C(C)(C)c5ccccc5)cc4)c4c5ccccc5c(N(c5ccc(C(C)(C)c6ccccc6)cc5)c5ccc(C(C)(C)c6ccccc6)cc5)c5ccccc45)cc3)cc2)cc1. The normalized spacial score (nSPS) is 12.5. The minimum Gasteiger partial charge on any atom is -0.309 e. The Hall–Kier alpha value is -9.24. The summed E-state index contributed by atoms with van der Waals surface area (Å²) in [5, 5.41) is 4.63. The highest BCUT2D eigenvalue weighted by Crippen LogP contribution is 2.52. The van der Waals surface area contributed by atoms with E-state index in [1.807, 2.05) is 0 Å². The lowest BCUT2D eigenvalue weighted by molar-refractivity contribution is 0.640. The number of fused-ring (bicyclic) bond motifs is 2. The second kappa shape index (κ2) is 23.9. The highest BCUT2D eigenvalue weighted by molar-refractivity contribution is 6.23. The van der Waals surface area contributed by atoms with Crippen molar-refractivity contribution in [3.63, 3.8) is 0 Å². The lowest BCUT2D eigenvalue weighted by Gasteiger charge is -2.34. The first-order chi connectivity index (χ1) is 42.0. The average molecular weight is 1130 g/mol. The molecule has 2 heteroatoms. The van der Waals surface area contributed by atoms with Crippen molar-refractivity contribution in [2.24, 2.45) is 0 Å². The van der Waals surface area contributed by atoms with Crippen LogP contribution in [0.15, 0.2) is 285 Å². The zero-order chi connectivity index (χ0) is 60.5. The first-order valence-electron chi connectivity index (χ1n) is 31.3. The number of benzene rings is 12. The minimum absolute atomic E-state index is 0.199.